The highest BCUT2D eigenvalue weighted by Gasteiger charge is 2.74. The second-order valence-electron chi connectivity index (χ2n) is 9.90. The zero-order chi connectivity index (χ0) is 23.4. The van der Waals surface area contributed by atoms with Gasteiger partial charge in [0.05, 0.1) is 29.2 Å². The number of aliphatic hydroxyl groups is 1. The summed E-state index contributed by atoms with van der Waals surface area (Å²) in [6.45, 7) is 10.3. The standard InChI is InChI=1S/C24H34N2O5S/c1-6-15(4)16(13-27)26-19-21(29)25(14(2)3)11-7-10-24(19)17(20(26)28)18-22(30)31-12-8-9-23(18,5)32-24/h7-10,14-19,27H,6,11-13H2,1-5H3/t15-,16-,17-,18+,19?,23-,24-/m0/s1. The number of carbonyl (C=O) groups is 3. The molecule has 1 spiro atoms. The van der Waals surface area contributed by atoms with Gasteiger partial charge in [0.25, 0.3) is 0 Å². The van der Waals surface area contributed by atoms with E-state index in [9.17, 15) is 19.5 Å². The number of amides is 2. The van der Waals surface area contributed by atoms with Gasteiger partial charge in [-0.15, -0.1) is 11.8 Å². The molecule has 2 saturated heterocycles. The summed E-state index contributed by atoms with van der Waals surface area (Å²) in [7, 11) is 0. The van der Waals surface area contributed by atoms with Gasteiger partial charge in [0.15, 0.2) is 0 Å². The van der Waals surface area contributed by atoms with E-state index in [4.69, 9.17) is 4.74 Å². The van der Waals surface area contributed by atoms with Gasteiger partial charge >= 0.3 is 5.97 Å². The van der Waals surface area contributed by atoms with Gasteiger partial charge in [-0.3, -0.25) is 14.4 Å². The zero-order valence-electron chi connectivity index (χ0n) is 19.5. The van der Waals surface area contributed by atoms with Crippen molar-refractivity contribution in [2.45, 2.75) is 68.7 Å². The van der Waals surface area contributed by atoms with Crippen LogP contribution >= 0.6 is 11.8 Å². The molecule has 32 heavy (non-hydrogen) atoms. The Morgan fingerprint density at radius 1 is 1.16 bits per heavy atom. The van der Waals surface area contributed by atoms with Crippen LogP contribution < -0.4 is 0 Å². The molecule has 2 amide bonds. The number of rotatable bonds is 5. The lowest BCUT2D eigenvalue weighted by atomic mass is 9.75. The van der Waals surface area contributed by atoms with Gasteiger partial charge in [-0.25, -0.2) is 0 Å². The number of cyclic esters (lactones) is 1. The van der Waals surface area contributed by atoms with E-state index in [-0.39, 0.29) is 37.0 Å². The number of aliphatic hydroxyl groups excluding tert-OH is 1. The Morgan fingerprint density at radius 2 is 1.88 bits per heavy atom. The summed E-state index contributed by atoms with van der Waals surface area (Å²) >= 11 is 1.54. The number of thioether (sulfide) groups is 1. The highest BCUT2D eigenvalue weighted by molar-refractivity contribution is 8.02. The lowest BCUT2D eigenvalue weighted by Crippen LogP contribution is -2.58. The van der Waals surface area contributed by atoms with E-state index in [2.05, 4.69) is 0 Å². The van der Waals surface area contributed by atoms with Crippen LogP contribution in [-0.4, -0.2) is 80.1 Å². The quantitative estimate of drug-likeness (QED) is 0.497. The average Bonchev–Trinajstić information content (AvgIpc) is 2.99. The minimum absolute atomic E-state index is 0.00437. The predicted octanol–water partition coefficient (Wildman–Crippen LogP) is 2.00. The molecular formula is C24H34N2O5S. The third-order valence-electron chi connectivity index (χ3n) is 7.75. The zero-order valence-corrected chi connectivity index (χ0v) is 20.3. The SMILES string of the molecule is CC[C@H](C)[C@H](CO)N1C(=O)[C@@H]2[C@@H]3C(=O)OCC=C[C@]3(C)S[C@@]23C=CCN(C(C)C)C(=O)C13. The fraction of sp³-hybridized carbons (Fsp3) is 0.708. The Hall–Kier alpha value is -1.80. The molecule has 2 fully saturated rings. The molecular weight excluding hydrogens is 428 g/mol. The summed E-state index contributed by atoms with van der Waals surface area (Å²) in [5, 5.41) is 10.3. The van der Waals surface area contributed by atoms with Crippen molar-refractivity contribution in [2.24, 2.45) is 17.8 Å². The van der Waals surface area contributed by atoms with Crippen LogP contribution in [0.2, 0.25) is 0 Å². The van der Waals surface area contributed by atoms with Gasteiger partial charge in [0, 0.05) is 17.3 Å². The molecule has 7 atom stereocenters. The first kappa shape index (κ1) is 23.4. The summed E-state index contributed by atoms with van der Waals surface area (Å²) in [5.41, 5.74) is 0. The first-order valence-corrected chi connectivity index (χ1v) is 12.4. The Kier molecular flexibility index (Phi) is 5.99. The largest absolute Gasteiger partial charge is 0.461 e. The molecule has 4 heterocycles. The van der Waals surface area contributed by atoms with Crippen molar-refractivity contribution in [3.8, 4) is 0 Å². The molecule has 4 aliphatic heterocycles. The fourth-order valence-corrected chi connectivity index (χ4v) is 8.09. The van der Waals surface area contributed by atoms with Crippen LogP contribution in [0.25, 0.3) is 0 Å². The molecule has 4 rings (SSSR count). The van der Waals surface area contributed by atoms with Crippen LogP contribution in [0.5, 0.6) is 0 Å². The molecule has 0 aromatic heterocycles. The maximum absolute atomic E-state index is 14.1. The molecule has 8 heteroatoms. The monoisotopic (exact) mass is 462 g/mol. The van der Waals surface area contributed by atoms with Gasteiger partial charge < -0.3 is 19.6 Å². The summed E-state index contributed by atoms with van der Waals surface area (Å²) < 4.78 is 3.90. The molecule has 0 saturated carbocycles. The Morgan fingerprint density at radius 3 is 2.50 bits per heavy atom. The lowest BCUT2D eigenvalue weighted by molar-refractivity contribution is -0.153. The van der Waals surface area contributed by atoms with Crippen LogP contribution in [0.3, 0.4) is 0 Å². The second kappa shape index (κ2) is 8.20. The van der Waals surface area contributed by atoms with E-state index < -0.39 is 39.4 Å². The van der Waals surface area contributed by atoms with Crippen molar-refractivity contribution in [3.05, 3.63) is 24.3 Å². The molecule has 1 unspecified atom stereocenters. The third kappa shape index (κ3) is 3.16. The van der Waals surface area contributed by atoms with Crippen LogP contribution in [0.4, 0.5) is 0 Å². The minimum Gasteiger partial charge on any atom is -0.461 e. The topological polar surface area (TPSA) is 87.2 Å². The normalized spacial score (nSPS) is 38.2. The molecule has 0 aromatic rings. The number of likely N-dealkylation sites (tertiary alicyclic amines) is 1. The lowest BCUT2D eigenvalue weighted by Gasteiger charge is -2.41. The van der Waals surface area contributed by atoms with Gasteiger partial charge in [-0.1, -0.05) is 38.5 Å². The number of ether oxygens (including phenoxy) is 1. The highest BCUT2D eigenvalue weighted by Crippen LogP contribution is 2.65. The van der Waals surface area contributed by atoms with E-state index in [0.717, 1.165) is 6.42 Å². The van der Waals surface area contributed by atoms with E-state index in [1.54, 1.807) is 9.80 Å². The van der Waals surface area contributed by atoms with Crippen molar-refractivity contribution < 1.29 is 24.2 Å². The van der Waals surface area contributed by atoms with E-state index in [1.807, 2.05) is 58.9 Å². The van der Waals surface area contributed by atoms with Crippen molar-refractivity contribution in [1.29, 1.82) is 0 Å². The molecule has 1 N–H and O–H groups in total. The molecule has 4 aliphatic rings. The van der Waals surface area contributed by atoms with Crippen LogP contribution in [0.1, 0.15) is 41.0 Å². The number of fused-ring (bicyclic) bond motifs is 2. The number of nitrogens with zero attached hydrogens (tertiary/aromatic N) is 2. The Balaban J connectivity index is 1.92. The first-order valence-electron chi connectivity index (χ1n) is 11.6. The number of esters is 1. The van der Waals surface area contributed by atoms with Gasteiger partial charge in [0.2, 0.25) is 11.8 Å². The smallest absolute Gasteiger partial charge is 0.311 e. The number of carbonyl (C=O) groups excluding carboxylic acids is 3. The van der Waals surface area contributed by atoms with Gasteiger partial charge in [-0.2, -0.15) is 0 Å². The Labute approximate surface area is 194 Å². The molecule has 0 aliphatic carbocycles. The third-order valence-corrected chi connectivity index (χ3v) is 9.55. The molecule has 7 nitrogen and oxygen atoms in total. The van der Waals surface area contributed by atoms with Crippen LogP contribution in [0.15, 0.2) is 24.3 Å². The molecule has 0 radical (unpaired) electrons. The summed E-state index contributed by atoms with van der Waals surface area (Å²) in [6.07, 6.45) is 8.53. The fourth-order valence-electron chi connectivity index (χ4n) is 5.95. The van der Waals surface area contributed by atoms with Crippen LogP contribution in [0, 0.1) is 17.8 Å². The van der Waals surface area contributed by atoms with Gasteiger partial charge in [-0.05, 0) is 32.8 Å². The molecule has 176 valence electrons. The van der Waals surface area contributed by atoms with E-state index in [1.165, 1.54) is 11.8 Å². The maximum Gasteiger partial charge on any atom is 0.311 e. The highest BCUT2D eigenvalue weighted by atomic mass is 32.2. The van der Waals surface area contributed by atoms with E-state index in [0.29, 0.717) is 6.54 Å². The number of hydrogen-bond acceptors (Lipinski definition) is 6. The van der Waals surface area contributed by atoms with Crippen LogP contribution in [-0.2, 0) is 19.1 Å². The molecule has 0 bridgehead atoms. The van der Waals surface area contributed by atoms with Crippen molar-refractivity contribution in [3.63, 3.8) is 0 Å². The second-order valence-corrected chi connectivity index (χ2v) is 11.7. The van der Waals surface area contributed by atoms with Crippen molar-refractivity contribution in [2.75, 3.05) is 19.8 Å². The first-order chi connectivity index (χ1) is 15.1. The summed E-state index contributed by atoms with van der Waals surface area (Å²) in [6, 6.07) is -1.30. The summed E-state index contributed by atoms with van der Waals surface area (Å²) in [5.74, 6) is -2.15. The summed E-state index contributed by atoms with van der Waals surface area (Å²) in [4.78, 5) is 44.7. The predicted molar refractivity (Wildman–Crippen MR) is 123 cm³/mol. The maximum atomic E-state index is 14.1. The molecule has 0 aromatic carbocycles. The van der Waals surface area contributed by atoms with Gasteiger partial charge in [0.1, 0.15) is 12.6 Å². The van der Waals surface area contributed by atoms with E-state index >= 15 is 0 Å². The Bertz CT molecular complexity index is 872. The van der Waals surface area contributed by atoms with Crippen molar-refractivity contribution in [1.82, 2.24) is 9.80 Å². The minimum atomic E-state index is -0.890. The van der Waals surface area contributed by atoms with Crippen molar-refractivity contribution >= 4 is 29.5 Å². The average molecular weight is 463 g/mol. The number of hydrogen-bond donors (Lipinski definition) is 1.